The molecule has 0 aromatic carbocycles. The normalized spacial score (nSPS) is 10.3. The Morgan fingerprint density at radius 2 is 2.13 bits per heavy atom. The van der Waals surface area contributed by atoms with Gasteiger partial charge < -0.3 is 0 Å². The molecule has 6 heteroatoms. The van der Waals surface area contributed by atoms with Crippen molar-refractivity contribution in [2.45, 2.75) is 17.0 Å². The number of rotatable bonds is 2. The summed E-state index contributed by atoms with van der Waals surface area (Å²) in [6.45, 7) is 1.87. The van der Waals surface area contributed by atoms with Gasteiger partial charge in [-0.25, -0.2) is 19.9 Å². The summed E-state index contributed by atoms with van der Waals surface area (Å²) in [6, 6.07) is 3.68. The molecule has 2 aromatic rings. The molecule has 15 heavy (non-hydrogen) atoms. The van der Waals surface area contributed by atoms with Gasteiger partial charge in [0.2, 0.25) is 5.28 Å². The van der Waals surface area contributed by atoms with Crippen molar-refractivity contribution < 1.29 is 0 Å². The molecule has 0 aliphatic heterocycles. The van der Waals surface area contributed by atoms with Crippen LogP contribution in [0.1, 0.15) is 5.69 Å². The largest absolute Gasteiger partial charge is 0.245 e. The third-order valence-electron chi connectivity index (χ3n) is 1.57. The van der Waals surface area contributed by atoms with Gasteiger partial charge in [0.15, 0.2) is 0 Å². The number of hydrogen-bond donors (Lipinski definition) is 0. The number of aryl methyl sites for hydroxylation is 1. The molecule has 0 atom stereocenters. The second-order valence-electron chi connectivity index (χ2n) is 2.77. The van der Waals surface area contributed by atoms with Gasteiger partial charge in [-0.15, -0.1) is 0 Å². The smallest absolute Gasteiger partial charge is 0.223 e. The molecule has 0 bridgehead atoms. The molecule has 76 valence electrons. The van der Waals surface area contributed by atoms with Crippen molar-refractivity contribution in [1.82, 2.24) is 19.9 Å². The minimum atomic E-state index is 0.256. The lowest BCUT2D eigenvalue weighted by Crippen LogP contribution is -1.89. The van der Waals surface area contributed by atoms with Crippen molar-refractivity contribution in [1.29, 1.82) is 0 Å². The van der Waals surface area contributed by atoms with E-state index in [1.54, 1.807) is 6.20 Å². The maximum absolute atomic E-state index is 5.75. The number of halogens is 1. The first kappa shape index (κ1) is 10.3. The van der Waals surface area contributed by atoms with Crippen LogP contribution in [0.2, 0.25) is 5.28 Å². The van der Waals surface area contributed by atoms with E-state index in [2.05, 4.69) is 19.9 Å². The standard InChI is InChI=1S/C9H7ClN4S/c1-6-4-8(14-9(10)13-6)15-7-2-3-11-5-12-7/h2-5H,1H3. The molecule has 0 aliphatic rings. The maximum atomic E-state index is 5.75. The predicted molar refractivity (Wildman–Crippen MR) is 57.9 cm³/mol. The quantitative estimate of drug-likeness (QED) is 0.594. The first-order valence-corrected chi connectivity index (χ1v) is 5.38. The second-order valence-corrected chi connectivity index (χ2v) is 4.15. The van der Waals surface area contributed by atoms with Gasteiger partial charge >= 0.3 is 0 Å². The molecule has 2 heterocycles. The number of nitrogens with zero attached hydrogens (tertiary/aromatic N) is 4. The van der Waals surface area contributed by atoms with Crippen LogP contribution in [0.15, 0.2) is 34.7 Å². The fourth-order valence-corrected chi connectivity index (χ4v) is 2.08. The molecule has 0 aliphatic carbocycles. The fraction of sp³-hybridized carbons (Fsp3) is 0.111. The lowest BCUT2D eigenvalue weighted by atomic mass is 10.5. The molecule has 4 nitrogen and oxygen atoms in total. The monoisotopic (exact) mass is 238 g/mol. The third-order valence-corrected chi connectivity index (χ3v) is 2.61. The Morgan fingerprint density at radius 1 is 1.27 bits per heavy atom. The summed E-state index contributed by atoms with van der Waals surface area (Å²) in [5.41, 5.74) is 0.839. The van der Waals surface area contributed by atoms with Crippen molar-refractivity contribution in [3.8, 4) is 0 Å². The Kier molecular flexibility index (Phi) is 3.13. The van der Waals surface area contributed by atoms with Crippen LogP contribution in [-0.4, -0.2) is 19.9 Å². The van der Waals surface area contributed by atoms with Crippen LogP contribution in [0.5, 0.6) is 0 Å². The first-order valence-electron chi connectivity index (χ1n) is 4.19. The second kappa shape index (κ2) is 4.55. The summed E-state index contributed by atoms with van der Waals surface area (Å²) in [5, 5.41) is 1.87. The van der Waals surface area contributed by atoms with Gasteiger partial charge in [0.05, 0.1) is 0 Å². The van der Waals surface area contributed by atoms with E-state index in [1.165, 1.54) is 18.1 Å². The van der Waals surface area contributed by atoms with Crippen molar-refractivity contribution in [3.05, 3.63) is 35.6 Å². The highest BCUT2D eigenvalue weighted by molar-refractivity contribution is 7.99. The van der Waals surface area contributed by atoms with E-state index in [4.69, 9.17) is 11.6 Å². The Balaban J connectivity index is 2.25. The molecule has 0 saturated heterocycles. The molecular weight excluding hydrogens is 232 g/mol. The van der Waals surface area contributed by atoms with E-state index < -0.39 is 0 Å². The Hall–Kier alpha value is -1.20. The van der Waals surface area contributed by atoms with Crippen LogP contribution in [0.3, 0.4) is 0 Å². The van der Waals surface area contributed by atoms with Gasteiger partial charge in [-0.05, 0) is 42.4 Å². The summed E-state index contributed by atoms with van der Waals surface area (Å²) in [6.07, 6.45) is 3.18. The van der Waals surface area contributed by atoms with E-state index in [9.17, 15) is 0 Å². The Bertz CT molecular complexity index is 443. The molecular formula is C9H7ClN4S. The highest BCUT2D eigenvalue weighted by Gasteiger charge is 2.02. The van der Waals surface area contributed by atoms with Gasteiger partial charge in [-0.2, -0.15) is 0 Å². The van der Waals surface area contributed by atoms with Crippen molar-refractivity contribution in [2.75, 3.05) is 0 Å². The van der Waals surface area contributed by atoms with E-state index in [-0.39, 0.29) is 5.28 Å². The van der Waals surface area contributed by atoms with Gasteiger partial charge in [0.25, 0.3) is 0 Å². The highest BCUT2D eigenvalue weighted by atomic mass is 35.5. The van der Waals surface area contributed by atoms with Crippen molar-refractivity contribution in [2.24, 2.45) is 0 Å². The molecule has 0 radical (unpaired) electrons. The Labute approximate surface area is 96.2 Å². The minimum absolute atomic E-state index is 0.256. The van der Waals surface area contributed by atoms with Crippen molar-refractivity contribution in [3.63, 3.8) is 0 Å². The van der Waals surface area contributed by atoms with E-state index >= 15 is 0 Å². The van der Waals surface area contributed by atoms with Crippen LogP contribution < -0.4 is 0 Å². The topological polar surface area (TPSA) is 51.6 Å². The van der Waals surface area contributed by atoms with Gasteiger partial charge in [-0.1, -0.05) is 0 Å². The van der Waals surface area contributed by atoms with Crippen LogP contribution in [-0.2, 0) is 0 Å². The van der Waals surface area contributed by atoms with E-state index in [0.717, 1.165) is 15.7 Å². The van der Waals surface area contributed by atoms with Crippen LogP contribution in [0.4, 0.5) is 0 Å². The summed E-state index contributed by atoms with van der Waals surface area (Å²) in [5.74, 6) is 0. The van der Waals surface area contributed by atoms with Crippen molar-refractivity contribution >= 4 is 23.4 Å². The van der Waals surface area contributed by atoms with Crippen LogP contribution in [0, 0.1) is 6.92 Å². The number of aromatic nitrogens is 4. The van der Waals surface area contributed by atoms with Crippen LogP contribution in [0.25, 0.3) is 0 Å². The predicted octanol–water partition coefficient (Wildman–Crippen LogP) is 2.38. The third kappa shape index (κ3) is 2.87. The van der Waals surface area contributed by atoms with E-state index in [1.807, 2.05) is 19.1 Å². The highest BCUT2D eigenvalue weighted by Crippen LogP contribution is 2.24. The molecule has 0 spiro atoms. The molecule has 0 fully saturated rings. The Morgan fingerprint density at radius 3 is 2.80 bits per heavy atom. The first-order chi connectivity index (χ1) is 7.24. The zero-order chi connectivity index (χ0) is 10.7. The SMILES string of the molecule is Cc1cc(Sc2ccncn2)nc(Cl)n1. The molecule has 2 aromatic heterocycles. The lowest BCUT2D eigenvalue weighted by Gasteiger charge is -2.00. The van der Waals surface area contributed by atoms with E-state index in [0.29, 0.717) is 0 Å². The summed E-state index contributed by atoms with van der Waals surface area (Å²) in [4.78, 5) is 16.0. The van der Waals surface area contributed by atoms with Gasteiger partial charge in [-0.3, -0.25) is 0 Å². The average Bonchev–Trinajstić information content (AvgIpc) is 2.17. The summed E-state index contributed by atoms with van der Waals surface area (Å²) >= 11 is 7.18. The summed E-state index contributed by atoms with van der Waals surface area (Å²) < 4.78 is 0. The number of hydrogen-bond acceptors (Lipinski definition) is 5. The van der Waals surface area contributed by atoms with Gasteiger partial charge in [0.1, 0.15) is 16.4 Å². The molecule has 0 saturated carbocycles. The molecule has 2 rings (SSSR count). The van der Waals surface area contributed by atoms with Crippen LogP contribution >= 0.6 is 23.4 Å². The molecule has 0 N–H and O–H groups in total. The zero-order valence-corrected chi connectivity index (χ0v) is 9.46. The lowest BCUT2D eigenvalue weighted by molar-refractivity contribution is 0.994. The van der Waals surface area contributed by atoms with Gasteiger partial charge in [0, 0.05) is 11.9 Å². The molecule has 0 unspecified atom stereocenters. The zero-order valence-electron chi connectivity index (χ0n) is 7.88. The average molecular weight is 239 g/mol. The molecule has 0 amide bonds. The fourth-order valence-electron chi connectivity index (χ4n) is 1.00. The minimum Gasteiger partial charge on any atom is -0.245 e. The maximum Gasteiger partial charge on any atom is 0.223 e. The summed E-state index contributed by atoms with van der Waals surface area (Å²) in [7, 11) is 0.